The van der Waals surface area contributed by atoms with Gasteiger partial charge in [0.2, 0.25) is 0 Å². The van der Waals surface area contributed by atoms with E-state index in [-0.39, 0.29) is 0 Å². The molecule has 0 aromatic carbocycles. The van der Waals surface area contributed by atoms with E-state index in [1.165, 1.54) is 0 Å². The SMILES string of the molecule is CC1C=NC1. The molecule has 0 aliphatic carbocycles. The second-order valence-electron chi connectivity index (χ2n) is 1.49. The van der Waals surface area contributed by atoms with Crippen molar-refractivity contribution in [1.82, 2.24) is 0 Å². The third-order valence-electron chi connectivity index (χ3n) is 0.753. The van der Waals surface area contributed by atoms with Crippen molar-refractivity contribution in [3.63, 3.8) is 0 Å². The van der Waals surface area contributed by atoms with Crippen LogP contribution in [0, 0.1) is 5.92 Å². The molecule has 1 rings (SSSR count). The molecule has 0 saturated carbocycles. The second kappa shape index (κ2) is 0.814. The Hall–Kier alpha value is -0.330. The van der Waals surface area contributed by atoms with Gasteiger partial charge in [0.1, 0.15) is 0 Å². The first-order chi connectivity index (χ1) is 2.39. The molecule has 1 nitrogen and oxygen atoms in total. The minimum atomic E-state index is 0.773. The Bertz CT molecular complexity index is 56.7. The fourth-order valence-corrected chi connectivity index (χ4v) is 0.316. The summed E-state index contributed by atoms with van der Waals surface area (Å²) in [5, 5.41) is 0. The lowest BCUT2D eigenvalue weighted by Gasteiger charge is -2.07. The van der Waals surface area contributed by atoms with Gasteiger partial charge in [-0.05, 0) is 0 Å². The maximum atomic E-state index is 3.87. The molecule has 5 heavy (non-hydrogen) atoms. The summed E-state index contributed by atoms with van der Waals surface area (Å²) in [5.41, 5.74) is 0. The van der Waals surface area contributed by atoms with E-state index in [0.29, 0.717) is 0 Å². The minimum Gasteiger partial charge on any atom is -0.297 e. The summed E-state index contributed by atoms with van der Waals surface area (Å²) in [6, 6.07) is 0. The molecule has 0 spiro atoms. The normalized spacial score (nSPS) is 33.4. The molecular weight excluding hydrogens is 62.1 g/mol. The van der Waals surface area contributed by atoms with Crippen molar-refractivity contribution in [3.05, 3.63) is 0 Å². The van der Waals surface area contributed by atoms with Gasteiger partial charge < -0.3 is 0 Å². The second-order valence-corrected chi connectivity index (χ2v) is 1.49. The molecule has 0 bridgehead atoms. The predicted octanol–water partition coefficient (Wildman–Crippen LogP) is 0.707. The molecule has 0 saturated heterocycles. The Labute approximate surface area is 31.7 Å². The molecule has 0 aromatic heterocycles. The highest BCUT2D eigenvalue weighted by molar-refractivity contribution is 5.65. The van der Waals surface area contributed by atoms with E-state index >= 15 is 0 Å². The molecular formula is C4H7N. The molecule has 1 unspecified atom stereocenters. The lowest BCUT2D eigenvalue weighted by molar-refractivity contribution is 0.735. The molecule has 0 fully saturated rings. The van der Waals surface area contributed by atoms with Gasteiger partial charge in [0.05, 0.1) is 0 Å². The van der Waals surface area contributed by atoms with Crippen LogP contribution in [0.15, 0.2) is 4.99 Å². The number of hydrogen-bond acceptors (Lipinski definition) is 1. The van der Waals surface area contributed by atoms with Gasteiger partial charge in [-0.1, -0.05) is 6.92 Å². The number of aliphatic imine (C=N–C) groups is 1. The highest BCUT2D eigenvalue weighted by atomic mass is 14.8. The van der Waals surface area contributed by atoms with Crippen molar-refractivity contribution in [2.75, 3.05) is 6.54 Å². The monoisotopic (exact) mass is 69.1 g/mol. The van der Waals surface area contributed by atoms with Crippen molar-refractivity contribution in [1.29, 1.82) is 0 Å². The predicted molar refractivity (Wildman–Crippen MR) is 22.5 cm³/mol. The molecule has 1 aliphatic heterocycles. The largest absolute Gasteiger partial charge is 0.297 e. The van der Waals surface area contributed by atoms with Crippen molar-refractivity contribution < 1.29 is 0 Å². The van der Waals surface area contributed by atoms with E-state index in [9.17, 15) is 0 Å². The Morgan fingerprint density at radius 2 is 2.40 bits per heavy atom. The molecule has 1 heterocycles. The van der Waals surface area contributed by atoms with E-state index < -0.39 is 0 Å². The fourth-order valence-electron chi connectivity index (χ4n) is 0.316. The lowest BCUT2D eigenvalue weighted by atomic mass is 10.1. The van der Waals surface area contributed by atoms with Crippen LogP contribution in [0.2, 0.25) is 0 Å². The molecule has 1 atom stereocenters. The van der Waals surface area contributed by atoms with E-state index in [4.69, 9.17) is 0 Å². The summed E-state index contributed by atoms with van der Waals surface area (Å²) in [6.07, 6.45) is 1.97. The first kappa shape index (κ1) is 2.88. The summed E-state index contributed by atoms with van der Waals surface area (Å²) < 4.78 is 0. The highest BCUT2D eigenvalue weighted by Gasteiger charge is 2.00. The third-order valence-corrected chi connectivity index (χ3v) is 0.753. The number of hydrogen-bond donors (Lipinski definition) is 0. The highest BCUT2D eigenvalue weighted by Crippen LogP contribution is 1.98. The Morgan fingerprint density at radius 3 is 2.40 bits per heavy atom. The molecule has 0 amide bonds. The molecule has 1 heteroatoms. The number of rotatable bonds is 0. The van der Waals surface area contributed by atoms with Gasteiger partial charge in [-0.3, -0.25) is 4.99 Å². The average Bonchev–Trinajstić information content (AvgIpc) is 1.30. The molecule has 0 aromatic rings. The first-order valence-electron chi connectivity index (χ1n) is 1.89. The molecule has 1 aliphatic rings. The van der Waals surface area contributed by atoms with Crippen molar-refractivity contribution in [2.45, 2.75) is 6.92 Å². The summed E-state index contributed by atoms with van der Waals surface area (Å²) in [6.45, 7) is 3.22. The van der Waals surface area contributed by atoms with Crippen LogP contribution in [0.4, 0.5) is 0 Å². The van der Waals surface area contributed by atoms with E-state index in [1.54, 1.807) is 0 Å². The Morgan fingerprint density at radius 1 is 2.00 bits per heavy atom. The van der Waals surface area contributed by atoms with E-state index in [1.807, 2.05) is 6.21 Å². The van der Waals surface area contributed by atoms with Gasteiger partial charge in [0.25, 0.3) is 0 Å². The van der Waals surface area contributed by atoms with E-state index in [2.05, 4.69) is 11.9 Å². The van der Waals surface area contributed by atoms with Gasteiger partial charge >= 0.3 is 0 Å². The van der Waals surface area contributed by atoms with Crippen LogP contribution in [0.25, 0.3) is 0 Å². The topological polar surface area (TPSA) is 12.4 Å². The minimum absolute atomic E-state index is 0.773. The summed E-state index contributed by atoms with van der Waals surface area (Å²) in [5.74, 6) is 0.773. The van der Waals surface area contributed by atoms with E-state index in [0.717, 1.165) is 12.5 Å². The van der Waals surface area contributed by atoms with Gasteiger partial charge in [-0.25, -0.2) is 0 Å². The van der Waals surface area contributed by atoms with Crippen LogP contribution in [0.5, 0.6) is 0 Å². The summed E-state index contributed by atoms with van der Waals surface area (Å²) >= 11 is 0. The number of nitrogens with zero attached hydrogens (tertiary/aromatic N) is 1. The fraction of sp³-hybridized carbons (Fsp3) is 0.750. The molecule has 28 valence electrons. The van der Waals surface area contributed by atoms with Gasteiger partial charge in [0.15, 0.2) is 0 Å². The van der Waals surface area contributed by atoms with Gasteiger partial charge in [-0.15, -0.1) is 0 Å². The summed E-state index contributed by atoms with van der Waals surface area (Å²) in [7, 11) is 0. The standard InChI is InChI=1S/C4H7N/c1-4-2-5-3-4/h2,4H,3H2,1H3. The maximum absolute atomic E-state index is 3.87. The van der Waals surface area contributed by atoms with Crippen LogP contribution >= 0.6 is 0 Å². The Balaban J connectivity index is 2.39. The lowest BCUT2D eigenvalue weighted by Crippen LogP contribution is -2.09. The quantitative estimate of drug-likeness (QED) is 0.397. The van der Waals surface area contributed by atoms with Crippen molar-refractivity contribution >= 4 is 6.21 Å². The Kier molecular flexibility index (Phi) is 0.469. The van der Waals surface area contributed by atoms with Crippen LogP contribution in [0.3, 0.4) is 0 Å². The maximum Gasteiger partial charge on any atom is 0.0460 e. The molecule has 0 N–H and O–H groups in total. The van der Waals surface area contributed by atoms with Crippen LogP contribution < -0.4 is 0 Å². The first-order valence-corrected chi connectivity index (χ1v) is 1.89. The van der Waals surface area contributed by atoms with Crippen LogP contribution in [-0.4, -0.2) is 12.8 Å². The average molecular weight is 69.1 g/mol. The van der Waals surface area contributed by atoms with Gasteiger partial charge in [0, 0.05) is 18.7 Å². The van der Waals surface area contributed by atoms with Crippen molar-refractivity contribution in [2.24, 2.45) is 10.9 Å². The van der Waals surface area contributed by atoms with Gasteiger partial charge in [-0.2, -0.15) is 0 Å². The van der Waals surface area contributed by atoms with Crippen molar-refractivity contribution in [3.8, 4) is 0 Å². The zero-order chi connectivity index (χ0) is 3.70. The molecule has 0 radical (unpaired) electrons. The summed E-state index contributed by atoms with van der Waals surface area (Å²) in [4.78, 5) is 3.87. The van der Waals surface area contributed by atoms with Crippen LogP contribution in [-0.2, 0) is 0 Å². The zero-order valence-corrected chi connectivity index (χ0v) is 3.31. The van der Waals surface area contributed by atoms with Crippen LogP contribution in [0.1, 0.15) is 6.92 Å². The smallest absolute Gasteiger partial charge is 0.0460 e. The third kappa shape index (κ3) is 0.318. The zero-order valence-electron chi connectivity index (χ0n) is 3.31.